The molecule has 0 fully saturated rings. The van der Waals surface area contributed by atoms with Crippen LogP contribution in [0.4, 0.5) is 5.95 Å². The van der Waals surface area contributed by atoms with Crippen molar-refractivity contribution >= 4 is 5.95 Å². The zero-order chi connectivity index (χ0) is 13.7. The van der Waals surface area contributed by atoms with E-state index < -0.39 is 0 Å². The smallest absolute Gasteiger partial charge is 0.226 e. The molecule has 2 aromatic heterocycles. The molecule has 0 bridgehead atoms. The van der Waals surface area contributed by atoms with Crippen LogP contribution < -0.4 is 10.1 Å². The third-order valence-electron chi connectivity index (χ3n) is 2.64. The maximum atomic E-state index is 5.47. The molecule has 1 N–H and O–H groups in total. The van der Waals surface area contributed by atoms with Crippen LogP contribution in [-0.4, -0.2) is 26.4 Å². The summed E-state index contributed by atoms with van der Waals surface area (Å²) in [6.07, 6.45) is 4.64. The van der Waals surface area contributed by atoms with Gasteiger partial charge in [0.15, 0.2) is 0 Å². The van der Waals surface area contributed by atoms with Gasteiger partial charge in [0.2, 0.25) is 11.8 Å². The number of aromatic nitrogens is 4. The van der Waals surface area contributed by atoms with Gasteiger partial charge in [-0.05, 0) is 13.3 Å². The van der Waals surface area contributed by atoms with Gasteiger partial charge in [-0.2, -0.15) is 10.1 Å². The van der Waals surface area contributed by atoms with Crippen LogP contribution in [0.5, 0.6) is 5.88 Å². The van der Waals surface area contributed by atoms with E-state index in [9.17, 15) is 0 Å². The Labute approximate surface area is 112 Å². The first kappa shape index (κ1) is 13.3. The lowest BCUT2D eigenvalue weighted by Crippen LogP contribution is -2.05. The van der Waals surface area contributed by atoms with E-state index >= 15 is 0 Å². The Kier molecular flexibility index (Phi) is 4.33. The summed E-state index contributed by atoms with van der Waals surface area (Å²) in [5.74, 6) is 1.17. The molecule has 0 aliphatic carbocycles. The lowest BCUT2D eigenvalue weighted by atomic mass is 10.3. The molecule has 6 heteroatoms. The molecular weight excluding hydrogens is 242 g/mol. The summed E-state index contributed by atoms with van der Waals surface area (Å²) < 4.78 is 7.27. The number of aryl methyl sites for hydroxylation is 2. The highest BCUT2D eigenvalue weighted by Gasteiger charge is 2.04. The highest BCUT2D eigenvalue weighted by molar-refractivity contribution is 5.30. The molecule has 2 heterocycles. The largest absolute Gasteiger partial charge is 0.478 e. The third-order valence-corrected chi connectivity index (χ3v) is 2.64. The van der Waals surface area contributed by atoms with E-state index in [0.29, 0.717) is 25.0 Å². The Morgan fingerprint density at radius 1 is 1.42 bits per heavy atom. The van der Waals surface area contributed by atoms with Gasteiger partial charge in [0.1, 0.15) is 0 Å². The van der Waals surface area contributed by atoms with Crippen LogP contribution in [0.2, 0.25) is 0 Å². The number of rotatable bonds is 6. The molecule has 6 nitrogen and oxygen atoms in total. The Morgan fingerprint density at radius 3 is 2.95 bits per heavy atom. The Balaban J connectivity index is 1.97. The van der Waals surface area contributed by atoms with Gasteiger partial charge in [0.05, 0.1) is 12.3 Å². The van der Waals surface area contributed by atoms with Crippen LogP contribution in [-0.2, 0) is 13.6 Å². The summed E-state index contributed by atoms with van der Waals surface area (Å²) in [7, 11) is 1.91. The molecule has 0 unspecified atom stereocenters. The zero-order valence-electron chi connectivity index (χ0n) is 11.6. The van der Waals surface area contributed by atoms with Crippen molar-refractivity contribution in [1.29, 1.82) is 0 Å². The fourth-order valence-corrected chi connectivity index (χ4v) is 1.71. The summed E-state index contributed by atoms with van der Waals surface area (Å²) >= 11 is 0. The van der Waals surface area contributed by atoms with Crippen LogP contribution in [0, 0.1) is 6.92 Å². The predicted octanol–water partition coefficient (Wildman–Crippen LogP) is 1.92. The summed E-state index contributed by atoms with van der Waals surface area (Å²) in [5, 5.41) is 7.47. The Hall–Kier alpha value is -2.11. The summed E-state index contributed by atoms with van der Waals surface area (Å²) in [6.45, 7) is 5.36. The molecule has 2 aromatic rings. The molecule has 2 rings (SSSR count). The molecule has 0 radical (unpaired) electrons. The lowest BCUT2D eigenvalue weighted by molar-refractivity contribution is 0.305. The maximum absolute atomic E-state index is 5.47. The number of ether oxygens (including phenoxy) is 1. The average Bonchev–Trinajstić information content (AvgIpc) is 2.73. The average molecular weight is 261 g/mol. The van der Waals surface area contributed by atoms with Crippen molar-refractivity contribution in [3.63, 3.8) is 0 Å². The number of nitrogens with zero attached hydrogens (tertiary/aromatic N) is 4. The molecule has 0 saturated heterocycles. The van der Waals surface area contributed by atoms with Gasteiger partial charge < -0.3 is 10.1 Å². The van der Waals surface area contributed by atoms with Gasteiger partial charge in [0, 0.05) is 37.6 Å². The van der Waals surface area contributed by atoms with E-state index in [1.807, 2.05) is 20.2 Å². The lowest BCUT2D eigenvalue weighted by Gasteiger charge is -2.06. The fourth-order valence-electron chi connectivity index (χ4n) is 1.71. The minimum atomic E-state index is 0.567. The molecule has 0 saturated carbocycles. The Bertz CT molecular complexity index is 538. The van der Waals surface area contributed by atoms with E-state index in [1.54, 1.807) is 16.9 Å². The minimum Gasteiger partial charge on any atom is -0.478 e. The second kappa shape index (κ2) is 6.17. The molecule has 0 atom stereocenters. The first-order valence-corrected chi connectivity index (χ1v) is 6.38. The fraction of sp³-hybridized carbons (Fsp3) is 0.462. The zero-order valence-corrected chi connectivity index (χ0v) is 11.6. The van der Waals surface area contributed by atoms with Crippen LogP contribution in [0.25, 0.3) is 0 Å². The SMILES string of the molecule is CCCOc1ccnc(NCc2cn(C)nc2C)n1. The third kappa shape index (κ3) is 3.67. The van der Waals surface area contributed by atoms with Gasteiger partial charge >= 0.3 is 0 Å². The summed E-state index contributed by atoms with van der Waals surface area (Å²) in [4.78, 5) is 8.46. The molecular formula is C13H19N5O. The maximum Gasteiger partial charge on any atom is 0.226 e. The molecule has 0 amide bonds. The molecule has 0 aliphatic rings. The number of anilines is 1. The van der Waals surface area contributed by atoms with Crippen molar-refractivity contribution in [3.05, 3.63) is 29.7 Å². The van der Waals surface area contributed by atoms with E-state index in [2.05, 4.69) is 27.3 Å². The van der Waals surface area contributed by atoms with E-state index in [1.165, 1.54) is 0 Å². The monoisotopic (exact) mass is 261 g/mol. The van der Waals surface area contributed by atoms with Crippen molar-refractivity contribution in [1.82, 2.24) is 19.7 Å². The first-order chi connectivity index (χ1) is 9.19. The van der Waals surface area contributed by atoms with Crippen LogP contribution >= 0.6 is 0 Å². The summed E-state index contributed by atoms with van der Waals surface area (Å²) in [6, 6.07) is 1.76. The number of nitrogens with one attached hydrogen (secondary N) is 1. The predicted molar refractivity (Wildman–Crippen MR) is 73.1 cm³/mol. The molecule has 0 aromatic carbocycles. The molecule has 19 heavy (non-hydrogen) atoms. The quantitative estimate of drug-likeness (QED) is 0.860. The van der Waals surface area contributed by atoms with Crippen molar-refractivity contribution in [2.75, 3.05) is 11.9 Å². The Morgan fingerprint density at radius 2 is 2.26 bits per heavy atom. The highest BCUT2D eigenvalue weighted by atomic mass is 16.5. The van der Waals surface area contributed by atoms with Crippen molar-refractivity contribution in [2.45, 2.75) is 26.8 Å². The van der Waals surface area contributed by atoms with E-state index in [-0.39, 0.29) is 0 Å². The van der Waals surface area contributed by atoms with Crippen LogP contribution in [0.15, 0.2) is 18.5 Å². The first-order valence-electron chi connectivity index (χ1n) is 6.38. The topological polar surface area (TPSA) is 64.9 Å². The van der Waals surface area contributed by atoms with Gasteiger partial charge in [0.25, 0.3) is 0 Å². The number of hydrogen-bond donors (Lipinski definition) is 1. The van der Waals surface area contributed by atoms with Crippen LogP contribution in [0.1, 0.15) is 24.6 Å². The van der Waals surface area contributed by atoms with Crippen molar-refractivity contribution in [2.24, 2.45) is 7.05 Å². The van der Waals surface area contributed by atoms with Crippen molar-refractivity contribution in [3.8, 4) is 5.88 Å². The van der Waals surface area contributed by atoms with E-state index in [4.69, 9.17) is 4.74 Å². The van der Waals surface area contributed by atoms with Gasteiger partial charge in [-0.3, -0.25) is 4.68 Å². The van der Waals surface area contributed by atoms with Crippen molar-refractivity contribution < 1.29 is 4.74 Å². The normalized spacial score (nSPS) is 10.5. The molecule has 0 aliphatic heterocycles. The second-order valence-electron chi connectivity index (χ2n) is 4.33. The van der Waals surface area contributed by atoms with Gasteiger partial charge in [-0.25, -0.2) is 4.98 Å². The van der Waals surface area contributed by atoms with Gasteiger partial charge in [-0.15, -0.1) is 0 Å². The molecule has 0 spiro atoms. The second-order valence-corrected chi connectivity index (χ2v) is 4.33. The van der Waals surface area contributed by atoms with Gasteiger partial charge in [-0.1, -0.05) is 6.92 Å². The standard InChI is InChI=1S/C13H19N5O/c1-4-7-19-12-5-6-14-13(16-12)15-8-11-9-18(3)17-10(11)2/h5-6,9H,4,7-8H2,1-3H3,(H,14,15,16). The van der Waals surface area contributed by atoms with Crippen LogP contribution in [0.3, 0.4) is 0 Å². The minimum absolute atomic E-state index is 0.567. The number of hydrogen-bond acceptors (Lipinski definition) is 5. The molecule has 102 valence electrons. The highest BCUT2D eigenvalue weighted by Crippen LogP contribution is 2.11. The van der Waals surface area contributed by atoms with E-state index in [0.717, 1.165) is 17.7 Å². The summed E-state index contributed by atoms with van der Waals surface area (Å²) in [5.41, 5.74) is 2.14.